The average molecular weight is 226 g/mol. The van der Waals surface area contributed by atoms with Gasteiger partial charge in [0.2, 0.25) is 5.91 Å². The van der Waals surface area contributed by atoms with Gasteiger partial charge in [-0.15, -0.1) is 0 Å². The molecule has 0 radical (unpaired) electrons. The number of hydrogen-bond donors (Lipinski definition) is 0. The Morgan fingerprint density at radius 3 is 2.12 bits per heavy atom. The predicted octanol–water partition coefficient (Wildman–Crippen LogP) is 2.12. The van der Waals surface area contributed by atoms with Gasteiger partial charge >= 0.3 is 0 Å². The number of rotatable bonds is 6. The summed E-state index contributed by atoms with van der Waals surface area (Å²) in [5.74, 6) is 0.163. The van der Waals surface area contributed by atoms with Crippen LogP contribution in [-0.2, 0) is 4.79 Å². The molecule has 0 aromatic rings. The van der Waals surface area contributed by atoms with Crippen molar-refractivity contribution < 1.29 is 4.79 Å². The lowest BCUT2D eigenvalue weighted by Crippen LogP contribution is -2.36. The molecule has 0 spiro atoms. The average Bonchev–Trinajstić information content (AvgIpc) is 3.06. The van der Waals surface area contributed by atoms with E-state index in [4.69, 9.17) is 0 Å². The van der Waals surface area contributed by atoms with Crippen molar-refractivity contribution in [2.45, 2.75) is 64.6 Å². The van der Waals surface area contributed by atoms with E-state index in [2.05, 4.69) is 25.8 Å². The first kappa shape index (κ1) is 13.5. The standard InChI is InChI=1S/C13H26N2O/c1-10(14(4)12(3)16)6-7-11(2)15(5)13-8-9-13/h10-11,13H,6-9H2,1-5H3. The highest BCUT2D eigenvalue weighted by molar-refractivity contribution is 5.73. The summed E-state index contributed by atoms with van der Waals surface area (Å²) in [6.45, 7) is 6.06. The second-order valence-electron chi connectivity index (χ2n) is 5.30. The Labute approximate surface area is 99.8 Å². The van der Waals surface area contributed by atoms with E-state index in [0.717, 1.165) is 12.5 Å². The molecule has 0 bridgehead atoms. The van der Waals surface area contributed by atoms with Gasteiger partial charge in [0.1, 0.15) is 0 Å². The molecule has 0 heterocycles. The Morgan fingerprint density at radius 2 is 1.69 bits per heavy atom. The first-order valence-electron chi connectivity index (χ1n) is 6.38. The second kappa shape index (κ2) is 5.67. The van der Waals surface area contributed by atoms with E-state index in [1.165, 1.54) is 19.3 Å². The van der Waals surface area contributed by atoms with Crippen LogP contribution in [0.5, 0.6) is 0 Å². The van der Waals surface area contributed by atoms with Gasteiger partial charge in [-0.05, 0) is 46.6 Å². The maximum Gasteiger partial charge on any atom is 0.219 e. The first-order chi connectivity index (χ1) is 7.43. The minimum absolute atomic E-state index is 0.163. The zero-order valence-electron chi connectivity index (χ0n) is 11.4. The summed E-state index contributed by atoms with van der Waals surface area (Å²) >= 11 is 0. The minimum atomic E-state index is 0.163. The quantitative estimate of drug-likeness (QED) is 0.692. The molecule has 1 saturated carbocycles. The Morgan fingerprint density at radius 1 is 1.19 bits per heavy atom. The van der Waals surface area contributed by atoms with Crippen molar-refractivity contribution in [3.05, 3.63) is 0 Å². The van der Waals surface area contributed by atoms with Crippen LogP contribution in [-0.4, -0.2) is 47.9 Å². The molecule has 1 aliphatic rings. The van der Waals surface area contributed by atoms with Crippen molar-refractivity contribution in [1.82, 2.24) is 9.80 Å². The zero-order chi connectivity index (χ0) is 12.3. The van der Waals surface area contributed by atoms with Gasteiger partial charge in [0.25, 0.3) is 0 Å². The Bertz CT molecular complexity index is 238. The van der Waals surface area contributed by atoms with Crippen LogP contribution in [0.3, 0.4) is 0 Å². The highest BCUT2D eigenvalue weighted by atomic mass is 16.2. The van der Waals surface area contributed by atoms with E-state index in [1.807, 2.05) is 11.9 Å². The molecular weight excluding hydrogens is 200 g/mol. The molecule has 1 rings (SSSR count). The molecule has 0 aliphatic heterocycles. The normalized spacial score (nSPS) is 19.6. The molecule has 0 saturated heterocycles. The molecule has 1 amide bonds. The maximum absolute atomic E-state index is 11.2. The van der Waals surface area contributed by atoms with Crippen molar-refractivity contribution in [2.24, 2.45) is 0 Å². The number of nitrogens with zero attached hydrogens (tertiary/aromatic N) is 2. The first-order valence-corrected chi connectivity index (χ1v) is 6.38. The molecule has 2 atom stereocenters. The Kier molecular flexibility index (Phi) is 4.78. The molecular formula is C13H26N2O. The van der Waals surface area contributed by atoms with Gasteiger partial charge in [-0.2, -0.15) is 0 Å². The van der Waals surface area contributed by atoms with Crippen LogP contribution in [0.15, 0.2) is 0 Å². The summed E-state index contributed by atoms with van der Waals surface area (Å²) in [5, 5.41) is 0. The predicted molar refractivity (Wildman–Crippen MR) is 67.4 cm³/mol. The third kappa shape index (κ3) is 3.78. The molecule has 3 nitrogen and oxygen atoms in total. The molecule has 0 aromatic heterocycles. The van der Waals surface area contributed by atoms with E-state index in [0.29, 0.717) is 12.1 Å². The summed E-state index contributed by atoms with van der Waals surface area (Å²) < 4.78 is 0. The van der Waals surface area contributed by atoms with Crippen LogP contribution in [0.4, 0.5) is 0 Å². The maximum atomic E-state index is 11.2. The van der Waals surface area contributed by atoms with Crippen LogP contribution in [0.2, 0.25) is 0 Å². The largest absolute Gasteiger partial charge is 0.343 e. The molecule has 94 valence electrons. The van der Waals surface area contributed by atoms with Crippen molar-refractivity contribution in [2.75, 3.05) is 14.1 Å². The molecule has 2 unspecified atom stereocenters. The fourth-order valence-corrected chi connectivity index (χ4v) is 2.03. The summed E-state index contributed by atoms with van der Waals surface area (Å²) in [6, 6.07) is 1.82. The van der Waals surface area contributed by atoms with Crippen LogP contribution < -0.4 is 0 Å². The topological polar surface area (TPSA) is 23.6 Å². The van der Waals surface area contributed by atoms with Crippen molar-refractivity contribution in [3.63, 3.8) is 0 Å². The number of amides is 1. The van der Waals surface area contributed by atoms with Gasteiger partial charge in [-0.25, -0.2) is 0 Å². The molecule has 0 aromatic carbocycles. The molecule has 16 heavy (non-hydrogen) atoms. The fraction of sp³-hybridized carbons (Fsp3) is 0.923. The van der Waals surface area contributed by atoms with Gasteiger partial charge in [0.05, 0.1) is 0 Å². The second-order valence-corrected chi connectivity index (χ2v) is 5.30. The highest BCUT2D eigenvalue weighted by Crippen LogP contribution is 2.28. The smallest absolute Gasteiger partial charge is 0.219 e. The van der Waals surface area contributed by atoms with Gasteiger partial charge in [0.15, 0.2) is 0 Å². The lowest BCUT2D eigenvalue weighted by Gasteiger charge is -2.28. The highest BCUT2D eigenvalue weighted by Gasteiger charge is 2.29. The Balaban J connectivity index is 2.24. The van der Waals surface area contributed by atoms with E-state index < -0.39 is 0 Å². The lowest BCUT2D eigenvalue weighted by molar-refractivity contribution is -0.129. The van der Waals surface area contributed by atoms with Gasteiger partial charge in [-0.3, -0.25) is 4.79 Å². The van der Waals surface area contributed by atoms with Crippen LogP contribution in [0.1, 0.15) is 46.5 Å². The third-order valence-electron chi connectivity index (χ3n) is 3.98. The SMILES string of the molecule is CC(=O)N(C)C(C)CCC(C)N(C)C1CC1. The van der Waals surface area contributed by atoms with Crippen LogP contribution in [0, 0.1) is 0 Å². The van der Waals surface area contributed by atoms with Crippen LogP contribution in [0.25, 0.3) is 0 Å². The molecule has 3 heteroatoms. The van der Waals surface area contributed by atoms with E-state index in [9.17, 15) is 4.79 Å². The summed E-state index contributed by atoms with van der Waals surface area (Å²) in [7, 11) is 4.12. The third-order valence-corrected chi connectivity index (χ3v) is 3.98. The summed E-state index contributed by atoms with van der Waals surface area (Å²) in [4.78, 5) is 15.5. The number of hydrogen-bond acceptors (Lipinski definition) is 2. The number of carbonyl (C=O) groups excluding carboxylic acids is 1. The van der Waals surface area contributed by atoms with Gasteiger partial charge in [-0.1, -0.05) is 0 Å². The Hall–Kier alpha value is -0.570. The van der Waals surface area contributed by atoms with Crippen molar-refractivity contribution in [3.8, 4) is 0 Å². The van der Waals surface area contributed by atoms with Crippen LogP contribution >= 0.6 is 0 Å². The van der Waals surface area contributed by atoms with E-state index >= 15 is 0 Å². The lowest BCUT2D eigenvalue weighted by atomic mass is 10.1. The van der Waals surface area contributed by atoms with Crippen molar-refractivity contribution in [1.29, 1.82) is 0 Å². The minimum Gasteiger partial charge on any atom is -0.343 e. The summed E-state index contributed by atoms with van der Waals surface area (Å²) in [5.41, 5.74) is 0. The van der Waals surface area contributed by atoms with E-state index in [1.54, 1.807) is 6.92 Å². The molecule has 1 aliphatic carbocycles. The summed E-state index contributed by atoms with van der Waals surface area (Å²) in [6.07, 6.45) is 4.99. The van der Waals surface area contributed by atoms with E-state index in [-0.39, 0.29) is 5.91 Å². The van der Waals surface area contributed by atoms with Crippen molar-refractivity contribution >= 4 is 5.91 Å². The van der Waals surface area contributed by atoms with Gasteiger partial charge in [0, 0.05) is 32.1 Å². The fourth-order valence-electron chi connectivity index (χ4n) is 2.03. The number of carbonyl (C=O) groups is 1. The monoisotopic (exact) mass is 226 g/mol. The molecule has 0 N–H and O–H groups in total. The zero-order valence-corrected chi connectivity index (χ0v) is 11.4. The van der Waals surface area contributed by atoms with Gasteiger partial charge < -0.3 is 9.80 Å². The molecule has 1 fully saturated rings.